The molecule has 0 aliphatic rings. The van der Waals surface area contributed by atoms with Gasteiger partial charge in [-0.3, -0.25) is 9.59 Å². The fourth-order valence-corrected chi connectivity index (χ4v) is 3.51. The van der Waals surface area contributed by atoms with Crippen LogP contribution in [0.3, 0.4) is 0 Å². The van der Waals surface area contributed by atoms with Crippen LogP contribution in [0.4, 0.5) is 0 Å². The SMILES string of the molecule is CCC(C(=O)NC(C)(C)C)N(Cc1ccc(Cl)c(Cl)c1)C(=O)Cc1ccc(C)cc1. The number of amides is 2. The van der Waals surface area contributed by atoms with Crippen molar-refractivity contribution in [1.29, 1.82) is 0 Å². The molecule has 2 aromatic carbocycles. The van der Waals surface area contributed by atoms with Gasteiger partial charge in [0.15, 0.2) is 0 Å². The van der Waals surface area contributed by atoms with Crippen LogP contribution in [0.1, 0.15) is 50.8 Å². The molecule has 2 rings (SSSR count). The molecule has 0 aliphatic carbocycles. The number of carbonyl (C=O) groups excluding carboxylic acids is 2. The van der Waals surface area contributed by atoms with Gasteiger partial charge in [0.2, 0.25) is 11.8 Å². The number of nitrogens with one attached hydrogen (secondary N) is 1. The topological polar surface area (TPSA) is 49.4 Å². The molecule has 0 spiro atoms. The number of hydrogen-bond acceptors (Lipinski definition) is 2. The van der Waals surface area contributed by atoms with E-state index in [9.17, 15) is 9.59 Å². The van der Waals surface area contributed by atoms with Crippen molar-refractivity contribution in [2.24, 2.45) is 0 Å². The van der Waals surface area contributed by atoms with E-state index in [4.69, 9.17) is 23.2 Å². The quantitative estimate of drug-likeness (QED) is 0.601. The molecule has 2 amide bonds. The summed E-state index contributed by atoms with van der Waals surface area (Å²) in [4.78, 5) is 27.9. The van der Waals surface area contributed by atoms with Crippen LogP contribution in [0.15, 0.2) is 42.5 Å². The van der Waals surface area contributed by atoms with Gasteiger partial charge in [-0.25, -0.2) is 0 Å². The van der Waals surface area contributed by atoms with E-state index in [0.29, 0.717) is 16.5 Å². The predicted octanol–water partition coefficient (Wildman–Crippen LogP) is 5.57. The number of halogens is 2. The summed E-state index contributed by atoms with van der Waals surface area (Å²) in [5.41, 5.74) is 2.48. The van der Waals surface area contributed by atoms with E-state index >= 15 is 0 Å². The van der Waals surface area contributed by atoms with Crippen LogP contribution in [0.5, 0.6) is 0 Å². The highest BCUT2D eigenvalue weighted by Crippen LogP contribution is 2.24. The van der Waals surface area contributed by atoms with E-state index in [1.165, 1.54) is 0 Å². The highest BCUT2D eigenvalue weighted by atomic mass is 35.5. The maximum atomic E-state index is 13.3. The number of rotatable bonds is 7. The molecule has 0 radical (unpaired) electrons. The van der Waals surface area contributed by atoms with E-state index < -0.39 is 6.04 Å². The summed E-state index contributed by atoms with van der Waals surface area (Å²) < 4.78 is 0. The zero-order valence-corrected chi connectivity index (χ0v) is 19.8. The Hall–Kier alpha value is -2.04. The molecule has 4 nitrogen and oxygen atoms in total. The lowest BCUT2D eigenvalue weighted by Crippen LogP contribution is -2.53. The van der Waals surface area contributed by atoms with Crippen molar-refractivity contribution < 1.29 is 9.59 Å². The van der Waals surface area contributed by atoms with Crippen molar-refractivity contribution in [2.45, 2.75) is 65.6 Å². The zero-order valence-electron chi connectivity index (χ0n) is 18.3. The third-order valence-corrected chi connectivity index (χ3v) is 5.44. The Bertz CT molecular complexity index is 889. The molecular formula is C24H30Cl2N2O2. The highest BCUT2D eigenvalue weighted by Gasteiger charge is 2.30. The number of hydrogen-bond donors (Lipinski definition) is 1. The van der Waals surface area contributed by atoms with Crippen molar-refractivity contribution >= 4 is 35.0 Å². The number of benzene rings is 2. The second-order valence-corrected chi connectivity index (χ2v) is 9.41. The first kappa shape index (κ1) is 24.2. The summed E-state index contributed by atoms with van der Waals surface area (Å²) >= 11 is 12.2. The Kier molecular flexibility index (Phi) is 8.34. The van der Waals surface area contributed by atoms with Crippen molar-refractivity contribution in [3.63, 3.8) is 0 Å². The highest BCUT2D eigenvalue weighted by molar-refractivity contribution is 6.42. The van der Waals surface area contributed by atoms with Gasteiger partial charge in [0.1, 0.15) is 6.04 Å². The molecule has 0 aliphatic heterocycles. The van der Waals surface area contributed by atoms with Crippen molar-refractivity contribution in [3.8, 4) is 0 Å². The standard InChI is InChI=1S/C24H30Cl2N2O2/c1-6-21(23(30)27-24(3,4)5)28(15-18-11-12-19(25)20(26)13-18)22(29)14-17-9-7-16(2)8-10-17/h7-13,21H,6,14-15H2,1-5H3,(H,27,30). The molecule has 1 N–H and O–H groups in total. The lowest BCUT2D eigenvalue weighted by atomic mass is 10.0. The van der Waals surface area contributed by atoms with Gasteiger partial charge in [0.05, 0.1) is 16.5 Å². The van der Waals surface area contributed by atoms with Crippen molar-refractivity contribution in [1.82, 2.24) is 10.2 Å². The lowest BCUT2D eigenvalue weighted by Gasteiger charge is -2.33. The second-order valence-electron chi connectivity index (χ2n) is 8.60. The van der Waals surface area contributed by atoms with Crippen molar-refractivity contribution in [3.05, 3.63) is 69.2 Å². The van der Waals surface area contributed by atoms with Crippen LogP contribution in [-0.2, 0) is 22.6 Å². The van der Waals surface area contributed by atoms with Gasteiger partial charge in [-0.05, 0) is 57.4 Å². The number of carbonyl (C=O) groups is 2. The minimum absolute atomic E-state index is 0.110. The molecule has 0 saturated heterocycles. The maximum absolute atomic E-state index is 13.3. The Morgan fingerprint density at radius 3 is 2.13 bits per heavy atom. The van der Waals surface area contributed by atoms with Gasteiger partial charge >= 0.3 is 0 Å². The summed E-state index contributed by atoms with van der Waals surface area (Å²) in [5.74, 6) is -0.275. The van der Waals surface area contributed by atoms with Gasteiger partial charge in [0.25, 0.3) is 0 Å². The van der Waals surface area contributed by atoms with E-state index in [-0.39, 0.29) is 30.3 Å². The molecule has 1 unspecified atom stereocenters. The van der Waals surface area contributed by atoms with Crippen LogP contribution in [0.2, 0.25) is 10.0 Å². The van der Waals surface area contributed by atoms with Gasteiger partial charge in [-0.15, -0.1) is 0 Å². The minimum Gasteiger partial charge on any atom is -0.350 e. The van der Waals surface area contributed by atoms with E-state index in [0.717, 1.165) is 16.7 Å². The van der Waals surface area contributed by atoms with Gasteiger partial charge in [0, 0.05) is 12.1 Å². The Labute approximate surface area is 189 Å². The normalized spacial score (nSPS) is 12.4. The first-order valence-electron chi connectivity index (χ1n) is 10.1. The fourth-order valence-electron chi connectivity index (χ4n) is 3.19. The molecule has 0 saturated carbocycles. The summed E-state index contributed by atoms with van der Waals surface area (Å²) in [5, 5.41) is 3.88. The number of nitrogens with zero attached hydrogens (tertiary/aromatic N) is 1. The van der Waals surface area contributed by atoms with Gasteiger partial charge in [-0.1, -0.05) is 66.0 Å². The van der Waals surface area contributed by atoms with Crippen LogP contribution >= 0.6 is 23.2 Å². The lowest BCUT2D eigenvalue weighted by molar-refractivity contribution is -0.141. The number of aryl methyl sites for hydroxylation is 1. The Morgan fingerprint density at radius 2 is 1.60 bits per heavy atom. The molecule has 30 heavy (non-hydrogen) atoms. The molecule has 0 fully saturated rings. The Morgan fingerprint density at radius 1 is 1.00 bits per heavy atom. The average molecular weight is 449 g/mol. The average Bonchev–Trinajstić information content (AvgIpc) is 2.64. The molecule has 0 bridgehead atoms. The third-order valence-electron chi connectivity index (χ3n) is 4.70. The van der Waals surface area contributed by atoms with E-state index in [2.05, 4.69) is 5.32 Å². The summed E-state index contributed by atoms with van der Waals surface area (Å²) in [6.45, 7) is 9.97. The zero-order chi connectivity index (χ0) is 22.5. The maximum Gasteiger partial charge on any atom is 0.243 e. The summed E-state index contributed by atoms with van der Waals surface area (Å²) in [6.07, 6.45) is 0.726. The smallest absolute Gasteiger partial charge is 0.243 e. The summed E-state index contributed by atoms with van der Waals surface area (Å²) in [6, 6.07) is 12.5. The van der Waals surface area contributed by atoms with Gasteiger partial charge < -0.3 is 10.2 Å². The monoisotopic (exact) mass is 448 g/mol. The van der Waals surface area contributed by atoms with Crippen LogP contribution in [0.25, 0.3) is 0 Å². The molecule has 6 heteroatoms. The molecule has 2 aromatic rings. The third kappa shape index (κ3) is 7.03. The Balaban J connectivity index is 2.33. The van der Waals surface area contributed by atoms with E-state index in [1.807, 2.05) is 65.0 Å². The minimum atomic E-state index is -0.586. The molecule has 162 valence electrons. The van der Waals surface area contributed by atoms with E-state index in [1.54, 1.807) is 17.0 Å². The molecular weight excluding hydrogens is 419 g/mol. The largest absolute Gasteiger partial charge is 0.350 e. The summed E-state index contributed by atoms with van der Waals surface area (Å²) in [7, 11) is 0. The second kappa shape index (κ2) is 10.3. The fraction of sp³-hybridized carbons (Fsp3) is 0.417. The first-order chi connectivity index (χ1) is 14.0. The van der Waals surface area contributed by atoms with Crippen LogP contribution in [0, 0.1) is 6.92 Å². The van der Waals surface area contributed by atoms with Crippen molar-refractivity contribution in [2.75, 3.05) is 0 Å². The first-order valence-corrected chi connectivity index (χ1v) is 10.9. The molecule has 0 heterocycles. The van der Waals surface area contributed by atoms with Crippen LogP contribution in [-0.4, -0.2) is 28.3 Å². The molecule has 1 atom stereocenters. The predicted molar refractivity (Wildman–Crippen MR) is 124 cm³/mol. The molecule has 0 aromatic heterocycles. The van der Waals surface area contributed by atoms with Gasteiger partial charge in [-0.2, -0.15) is 0 Å². The van der Waals surface area contributed by atoms with Crippen LogP contribution < -0.4 is 5.32 Å².